The van der Waals surface area contributed by atoms with E-state index in [0.717, 1.165) is 24.2 Å². The van der Waals surface area contributed by atoms with E-state index in [1.165, 1.54) is 17.5 Å². The van der Waals surface area contributed by atoms with E-state index in [1.54, 1.807) is 0 Å². The fourth-order valence-electron chi connectivity index (χ4n) is 2.16. The second kappa shape index (κ2) is 4.68. The zero-order chi connectivity index (χ0) is 13.2. The summed E-state index contributed by atoms with van der Waals surface area (Å²) in [6.07, 6.45) is 3.21. The number of nitrogens with one attached hydrogen (secondary N) is 1. The first kappa shape index (κ1) is 11.6. The number of imidazole rings is 1. The molecule has 0 radical (unpaired) electrons. The van der Waals surface area contributed by atoms with Gasteiger partial charge in [-0.05, 0) is 24.5 Å². The van der Waals surface area contributed by atoms with E-state index >= 15 is 0 Å². The minimum atomic E-state index is 0.444. The first-order valence-electron chi connectivity index (χ1n) is 6.23. The zero-order valence-corrected chi connectivity index (χ0v) is 10.7. The Kier molecular flexibility index (Phi) is 2.87. The molecule has 19 heavy (non-hydrogen) atoms. The Hall–Kier alpha value is -2.43. The third-order valence-corrected chi connectivity index (χ3v) is 3.26. The van der Waals surface area contributed by atoms with Crippen LogP contribution in [0.1, 0.15) is 17.0 Å². The molecule has 0 aliphatic carbocycles. The number of rotatable bonds is 3. The summed E-state index contributed by atoms with van der Waals surface area (Å²) in [5, 5.41) is 0. The Morgan fingerprint density at radius 1 is 1.16 bits per heavy atom. The minimum Gasteiger partial charge on any atom is -0.382 e. The summed E-state index contributed by atoms with van der Waals surface area (Å²) in [6, 6.07) is 8.38. The number of nitrogens with zero attached hydrogens (tertiary/aromatic N) is 3. The average molecular weight is 253 g/mol. The number of anilines is 1. The number of hydrogen-bond donors (Lipinski definition) is 2. The van der Waals surface area contributed by atoms with Crippen molar-refractivity contribution in [3.8, 4) is 0 Å². The number of aromatic amines is 1. The van der Waals surface area contributed by atoms with Gasteiger partial charge in [-0.1, -0.05) is 24.3 Å². The van der Waals surface area contributed by atoms with E-state index in [-0.39, 0.29) is 0 Å². The maximum atomic E-state index is 5.78. The van der Waals surface area contributed by atoms with Crippen molar-refractivity contribution in [3.63, 3.8) is 0 Å². The van der Waals surface area contributed by atoms with Gasteiger partial charge >= 0.3 is 0 Å². The zero-order valence-electron chi connectivity index (χ0n) is 10.7. The lowest BCUT2D eigenvalue weighted by Gasteiger charge is -2.03. The van der Waals surface area contributed by atoms with E-state index in [2.05, 4.69) is 51.1 Å². The summed E-state index contributed by atoms with van der Waals surface area (Å²) >= 11 is 0. The third-order valence-electron chi connectivity index (χ3n) is 3.26. The summed E-state index contributed by atoms with van der Waals surface area (Å²) in [7, 11) is 0. The molecular weight excluding hydrogens is 238 g/mol. The molecule has 0 aliphatic rings. The van der Waals surface area contributed by atoms with Gasteiger partial charge in [-0.25, -0.2) is 15.0 Å². The molecular formula is C14H15N5. The molecule has 0 fully saturated rings. The van der Waals surface area contributed by atoms with Gasteiger partial charge in [0.05, 0.1) is 0 Å². The van der Waals surface area contributed by atoms with Crippen molar-refractivity contribution in [3.05, 3.63) is 47.5 Å². The second-order valence-electron chi connectivity index (χ2n) is 4.57. The summed E-state index contributed by atoms with van der Waals surface area (Å²) in [6.45, 7) is 2.12. The number of H-pyrrole nitrogens is 1. The van der Waals surface area contributed by atoms with Crippen molar-refractivity contribution in [2.75, 3.05) is 5.73 Å². The van der Waals surface area contributed by atoms with E-state index in [1.807, 2.05) is 0 Å². The molecule has 3 aromatic rings. The molecule has 0 unspecified atom stereocenters. The van der Waals surface area contributed by atoms with Crippen molar-refractivity contribution >= 4 is 17.0 Å². The van der Waals surface area contributed by atoms with Crippen LogP contribution in [0.4, 0.5) is 5.82 Å². The van der Waals surface area contributed by atoms with Crippen LogP contribution in [-0.4, -0.2) is 19.9 Å². The van der Waals surface area contributed by atoms with Crippen molar-refractivity contribution in [1.82, 2.24) is 19.9 Å². The van der Waals surface area contributed by atoms with Gasteiger partial charge in [-0.3, -0.25) is 0 Å². The molecule has 0 saturated heterocycles. The monoisotopic (exact) mass is 253 g/mol. The Morgan fingerprint density at radius 2 is 2.00 bits per heavy atom. The van der Waals surface area contributed by atoms with E-state index < -0.39 is 0 Å². The highest BCUT2D eigenvalue weighted by molar-refractivity contribution is 5.80. The largest absolute Gasteiger partial charge is 0.382 e. The van der Waals surface area contributed by atoms with Crippen molar-refractivity contribution in [2.45, 2.75) is 19.8 Å². The number of benzene rings is 1. The Morgan fingerprint density at radius 3 is 2.79 bits per heavy atom. The molecule has 0 saturated carbocycles. The molecule has 5 heteroatoms. The van der Waals surface area contributed by atoms with E-state index in [9.17, 15) is 0 Å². The van der Waals surface area contributed by atoms with Crippen molar-refractivity contribution in [2.24, 2.45) is 0 Å². The highest BCUT2D eigenvalue weighted by Crippen LogP contribution is 2.15. The number of nitrogens with two attached hydrogens (primary N) is 1. The standard InChI is InChI=1S/C14H15N5/c1-9-4-2-3-5-10(9)6-7-11-18-12-13(15)16-8-17-14(12)19-11/h2-5,8H,6-7H2,1H3,(H3,15,16,17,18,19). The van der Waals surface area contributed by atoms with Gasteiger partial charge in [0.15, 0.2) is 11.5 Å². The molecule has 0 aliphatic heterocycles. The smallest absolute Gasteiger partial charge is 0.183 e. The minimum absolute atomic E-state index is 0.444. The Bertz CT molecular complexity index is 717. The molecule has 2 aromatic heterocycles. The number of aryl methyl sites for hydroxylation is 3. The van der Waals surface area contributed by atoms with Crippen LogP contribution in [0.2, 0.25) is 0 Å². The quantitative estimate of drug-likeness (QED) is 0.748. The molecule has 3 rings (SSSR count). The number of aromatic nitrogens is 4. The van der Waals surface area contributed by atoms with Gasteiger partial charge in [0.25, 0.3) is 0 Å². The van der Waals surface area contributed by atoms with Crippen LogP contribution in [-0.2, 0) is 12.8 Å². The lowest BCUT2D eigenvalue weighted by molar-refractivity contribution is 0.883. The SMILES string of the molecule is Cc1ccccc1CCc1nc2ncnc(N)c2[nH]1. The number of fused-ring (bicyclic) bond motifs is 1. The van der Waals surface area contributed by atoms with Crippen LogP contribution in [0.15, 0.2) is 30.6 Å². The van der Waals surface area contributed by atoms with Crippen LogP contribution in [0.3, 0.4) is 0 Å². The lowest BCUT2D eigenvalue weighted by Crippen LogP contribution is -1.95. The predicted molar refractivity (Wildman–Crippen MR) is 74.7 cm³/mol. The molecule has 3 N–H and O–H groups in total. The van der Waals surface area contributed by atoms with Crippen molar-refractivity contribution in [1.29, 1.82) is 0 Å². The summed E-state index contributed by atoms with van der Waals surface area (Å²) < 4.78 is 0. The topological polar surface area (TPSA) is 80.5 Å². The second-order valence-corrected chi connectivity index (χ2v) is 4.57. The normalized spacial score (nSPS) is 11.0. The first-order chi connectivity index (χ1) is 9.24. The van der Waals surface area contributed by atoms with Crippen LogP contribution in [0.5, 0.6) is 0 Å². The highest BCUT2D eigenvalue weighted by Gasteiger charge is 2.07. The van der Waals surface area contributed by atoms with Crippen LogP contribution < -0.4 is 5.73 Å². The number of nitrogen functional groups attached to an aromatic ring is 1. The Labute approximate surface area is 110 Å². The van der Waals surface area contributed by atoms with Gasteiger partial charge < -0.3 is 10.7 Å². The molecule has 0 atom stereocenters. The molecule has 0 bridgehead atoms. The van der Waals surface area contributed by atoms with Crippen molar-refractivity contribution < 1.29 is 0 Å². The molecule has 1 aromatic carbocycles. The van der Waals surface area contributed by atoms with E-state index in [0.29, 0.717) is 11.5 Å². The summed E-state index contributed by atoms with van der Waals surface area (Å²) in [4.78, 5) is 15.7. The molecule has 0 amide bonds. The predicted octanol–water partition coefficient (Wildman–Crippen LogP) is 2.03. The molecule has 96 valence electrons. The van der Waals surface area contributed by atoms with Gasteiger partial charge in [-0.15, -0.1) is 0 Å². The Balaban J connectivity index is 1.83. The number of hydrogen-bond acceptors (Lipinski definition) is 4. The van der Waals surface area contributed by atoms with Crippen LogP contribution >= 0.6 is 0 Å². The highest BCUT2D eigenvalue weighted by atomic mass is 15.0. The van der Waals surface area contributed by atoms with Crippen LogP contribution in [0.25, 0.3) is 11.2 Å². The van der Waals surface area contributed by atoms with E-state index in [4.69, 9.17) is 5.73 Å². The summed E-state index contributed by atoms with van der Waals surface area (Å²) in [5.74, 6) is 1.34. The van der Waals surface area contributed by atoms with Gasteiger partial charge in [0.1, 0.15) is 17.7 Å². The fraction of sp³-hybridized carbons (Fsp3) is 0.214. The lowest BCUT2D eigenvalue weighted by atomic mass is 10.0. The maximum Gasteiger partial charge on any atom is 0.183 e. The molecule has 2 heterocycles. The van der Waals surface area contributed by atoms with Gasteiger partial charge in [0.2, 0.25) is 0 Å². The molecule has 5 nitrogen and oxygen atoms in total. The fourth-order valence-corrected chi connectivity index (χ4v) is 2.16. The van der Waals surface area contributed by atoms with Crippen LogP contribution in [0, 0.1) is 6.92 Å². The molecule has 0 spiro atoms. The first-order valence-corrected chi connectivity index (χ1v) is 6.23. The summed E-state index contributed by atoms with van der Waals surface area (Å²) in [5.41, 5.74) is 9.77. The van der Waals surface area contributed by atoms with Gasteiger partial charge in [-0.2, -0.15) is 0 Å². The maximum absolute atomic E-state index is 5.78. The third kappa shape index (κ3) is 2.27. The average Bonchev–Trinajstić information content (AvgIpc) is 2.82. The van der Waals surface area contributed by atoms with Gasteiger partial charge in [0, 0.05) is 6.42 Å².